The topological polar surface area (TPSA) is 120 Å². The lowest BCUT2D eigenvalue weighted by atomic mass is 10.1. The van der Waals surface area contributed by atoms with E-state index in [-0.39, 0.29) is 12.0 Å². The highest BCUT2D eigenvalue weighted by molar-refractivity contribution is 6.06. The van der Waals surface area contributed by atoms with Crippen LogP contribution in [0.15, 0.2) is 42.7 Å². The number of halogens is 3. The number of amides is 1. The molecule has 4 rings (SSSR count). The second-order valence-electron chi connectivity index (χ2n) is 7.41. The highest BCUT2D eigenvalue weighted by atomic mass is 19.4. The van der Waals surface area contributed by atoms with E-state index in [9.17, 15) is 18.0 Å². The van der Waals surface area contributed by atoms with E-state index in [0.717, 1.165) is 36.8 Å². The van der Waals surface area contributed by atoms with Gasteiger partial charge in [0.05, 0.1) is 11.7 Å². The third-order valence-corrected chi connectivity index (χ3v) is 4.90. The van der Waals surface area contributed by atoms with E-state index in [1.54, 1.807) is 24.5 Å². The molecular weight excluding hydrogens is 443 g/mol. The van der Waals surface area contributed by atoms with Crippen LogP contribution >= 0.6 is 0 Å². The molecule has 176 valence electrons. The summed E-state index contributed by atoms with van der Waals surface area (Å²) in [5, 5.41) is 17.9. The number of likely N-dealkylation sites (tertiary alicyclic amines) is 1. The molecule has 1 saturated heterocycles. The molecule has 0 unspecified atom stereocenters. The second kappa shape index (κ2) is 10.3. The number of carbonyl (C=O) groups is 2. The van der Waals surface area contributed by atoms with Gasteiger partial charge in [0.15, 0.2) is 0 Å². The van der Waals surface area contributed by atoms with E-state index in [4.69, 9.17) is 14.6 Å². The molecule has 1 aliphatic rings. The van der Waals surface area contributed by atoms with Crippen molar-refractivity contribution in [1.82, 2.24) is 20.1 Å². The van der Waals surface area contributed by atoms with E-state index in [1.807, 2.05) is 18.2 Å². The molecule has 0 radical (unpaired) electrons. The van der Waals surface area contributed by atoms with Crippen molar-refractivity contribution in [3.8, 4) is 5.88 Å². The number of anilines is 1. The minimum atomic E-state index is -5.08. The largest absolute Gasteiger partial charge is 0.490 e. The van der Waals surface area contributed by atoms with Crippen molar-refractivity contribution in [2.75, 3.05) is 25.5 Å². The molecule has 0 bridgehead atoms. The first-order valence-electron chi connectivity index (χ1n) is 9.98. The molecule has 3 N–H and O–H groups in total. The molecule has 0 atom stereocenters. The van der Waals surface area contributed by atoms with Crippen LogP contribution in [-0.2, 0) is 4.79 Å². The highest BCUT2D eigenvalue weighted by Crippen LogP contribution is 2.23. The predicted molar refractivity (Wildman–Crippen MR) is 113 cm³/mol. The standard InChI is InChI=1S/C19H21N5O2.C2HF3O2/c1-24-9-6-15(7-10-24)26-19-16(3-2-8-20-19)18(25)22-14-4-5-17-13(11-14)12-21-23-17;3-2(4,5)1(6)7/h2-5,8,11-12,15H,6-7,9-10H2,1H3,(H,21,23)(H,22,25);(H,6,7). The van der Waals surface area contributed by atoms with Gasteiger partial charge in [0.2, 0.25) is 5.88 Å². The third-order valence-electron chi connectivity index (χ3n) is 4.90. The molecule has 1 fully saturated rings. The van der Waals surface area contributed by atoms with Gasteiger partial charge in [-0.05, 0) is 50.2 Å². The number of aliphatic carboxylic acids is 1. The minimum Gasteiger partial charge on any atom is -0.475 e. The fraction of sp³-hybridized carbons (Fsp3) is 0.333. The van der Waals surface area contributed by atoms with Crippen molar-refractivity contribution >= 4 is 28.5 Å². The number of fused-ring (bicyclic) bond motifs is 1. The van der Waals surface area contributed by atoms with Crippen molar-refractivity contribution in [2.45, 2.75) is 25.1 Å². The fourth-order valence-electron chi connectivity index (χ4n) is 3.14. The first-order valence-corrected chi connectivity index (χ1v) is 9.98. The van der Waals surface area contributed by atoms with Crippen LogP contribution in [-0.4, -0.2) is 69.5 Å². The number of nitrogens with zero attached hydrogens (tertiary/aromatic N) is 3. The maximum atomic E-state index is 12.7. The molecule has 2 aromatic heterocycles. The van der Waals surface area contributed by atoms with Crippen molar-refractivity contribution in [1.29, 1.82) is 0 Å². The number of aromatic nitrogens is 3. The Bertz CT molecular complexity index is 1110. The van der Waals surface area contributed by atoms with E-state index < -0.39 is 12.1 Å². The van der Waals surface area contributed by atoms with E-state index in [1.165, 1.54) is 0 Å². The SMILES string of the molecule is CN1CCC(Oc2ncccc2C(=O)Nc2ccc3[nH]ncc3c2)CC1.O=C(O)C(F)(F)F. The molecule has 3 aromatic rings. The third kappa shape index (κ3) is 6.65. The number of ether oxygens (including phenoxy) is 1. The zero-order valence-corrected chi connectivity index (χ0v) is 17.6. The van der Waals surface area contributed by atoms with E-state index >= 15 is 0 Å². The summed E-state index contributed by atoms with van der Waals surface area (Å²) in [6, 6.07) is 9.09. The van der Waals surface area contributed by atoms with Gasteiger partial charge in [-0.15, -0.1) is 0 Å². The Labute approximate surface area is 186 Å². The number of pyridine rings is 1. The van der Waals surface area contributed by atoms with E-state index in [0.29, 0.717) is 17.1 Å². The van der Waals surface area contributed by atoms with Gasteiger partial charge in [0.1, 0.15) is 11.7 Å². The van der Waals surface area contributed by atoms with Gasteiger partial charge in [-0.1, -0.05) is 0 Å². The molecule has 12 heteroatoms. The first-order chi connectivity index (χ1) is 15.6. The van der Waals surface area contributed by atoms with Gasteiger partial charge in [0, 0.05) is 30.4 Å². The Morgan fingerprint density at radius 1 is 1.24 bits per heavy atom. The van der Waals surface area contributed by atoms with Crippen LogP contribution in [0.2, 0.25) is 0 Å². The minimum absolute atomic E-state index is 0.0925. The number of aromatic amines is 1. The normalized spacial score (nSPS) is 14.9. The number of alkyl halides is 3. The van der Waals surface area contributed by atoms with Gasteiger partial charge >= 0.3 is 12.1 Å². The lowest BCUT2D eigenvalue weighted by Gasteiger charge is -2.29. The van der Waals surface area contributed by atoms with Crippen LogP contribution in [0.3, 0.4) is 0 Å². The lowest BCUT2D eigenvalue weighted by Crippen LogP contribution is -2.36. The average molecular weight is 465 g/mol. The summed E-state index contributed by atoms with van der Waals surface area (Å²) >= 11 is 0. The molecule has 9 nitrogen and oxygen atoms in total. The molecule has 0 spiro atoms. The van der Waals surface area contributed by atoms with Gasteiger partial charge in [-0.25, -0.2) is 9.78 Å². The summed E-state index contributed by atoms with van der Waals surface area (Å²) < 4.78 is 37.8. The number of benzene rings is 1. The Morgan fingerprint density at radius 2 is 1.94 bits per heavy atom. The Balaban J connectivity index is 0.000000383. The predicted octanol–water partition coefficient (Wildman–Crippen LogP) is 3.32. The molecule has 33 heavy (non-hydrogen) atoms. The van der Waals surface area contributed by atoms with Crippen LogP contribution in [0.4, 0.5) is 18.9 Å². The lowest BCUT2D eigenvalue weighted by molar-refractivity contribution is -0.192. The van der Waals surface area contributed by atoms with Crippen molar-refractivity contribution in [2.24, 2.45) is 0 Å². The summed E-state index contributed by atoms with van der Waals surface area (Å²) in [7, 11) is 2.10. The summed E-state index contributed by atoms with van der Waals surface area (Å²) in [5.41, 5.74) is 2.08. The Kier molecular flexibility index (Phi) is 7.48. The van der Waals surface area contributed by atoms with Crippen molar-refractivity contribution in [3.05, 3.63) is 48.3 Å². The number of H-pyrrole nitrogens is 1. The van der Waals surface area contributed by atoms with Gasteiger partial charge in [-0.3, -0.25) is 9.89 Å². The first kappa shape index (κ1) is 24.0. The van der Waals surface area contributed by atoms with Crippen LogP contribution in [0.5, 0.6) is 5.88 Å². The monoisotopic (exact) mass is 465 g/mol. The molecule has 0 saturated carbocycles. The molecule has 1 amide bonds. The number of carboxylic acids is 1. The van der Waals surface area contributed by atoms with Gasteiger partial charge < -0.3 is 20.1 Å². The summed E-state index contributed by atoms with van der Waals surface area (Å²) in [5.74, 6) is -2.60. The zero-order chi connectivity index (χ0) is 24.0. The molecule has 1 aliphatic heterocycles. The number of carboxylic acid groups (broad SMARTS) is 1. The molecule has 1 aromatic carbocycles. The summed E-state index contributed by atoms with van der Waals surface area (Å²) in [6.07, 6.45) is 0.258. The van der Waals surface area contributed by atoms with E-state index in [2.05, 4.69) is 32.4 Å². The van der Waals surface area contributed by atoms with Gasteiger partial charge in [0.25, 0.3) is 5.91 Å². The maximum absolute atomic E-state index is 12.7. The molecule has 0 aliphatic carbocycles. The van der Waals surface area contributed by atoms with Crippen molar-refractivity contribution < 1.29 is 32.6 Å². The average Bonchev–Trinajstić information content (AvgIpc) is 3.23. The number of hydrogen-bond acceptors (Lipinski definition) is 6. The van der Waals surface area contributed by atoms with Crippen LogP contribution < -0.4 is 10.1 Å². The quantitative estimate of drug-likeness (QED) is 0.541. The zero-order valence-electron chi connectivity index (χ0n) is 17.6. The number of hydrogen-bond donors (Lipinski definition) is 3. The molecular formula is C21H22F3N5O4. The number of rotatable bonds is 4. The maximum Gasteiger partial charge on any atom is 0.490 e. The van der Waals surface area contributed by atoms with Crippen LogP contribution in [0.25, 0.3) is 10.9 Å². The number of carbonyl (C=O) groups excluding carboxylic acids is 1. The highest BCUT2D eigenvalue weighted by Gasteiger charge is 2.38. The summed E-state index contributed by atoms with van der Waals surface area (Å²) in [6.45, 7) is 1.98. The number of piperidine rings is 1. The van der Waals surface area contributed by atoms with Crippen LogP contribution in [0.1, 0.15) is 23.2 Å². The smallest absolute Gasteiger partial charge is 0.475 e. The summed E-state index contributed by atoms with van der Waals surface area (Å²) in [4.78, 5) is 28.2. The molecule has 3 heterocycles. The fourth-order valence-corrected chi connectivity index (χ4v) is 3.14. The van der Waals surface area contributed by atoms with Crippen molar-refractivity contribution in [3.63, 3.8) is 0 Å². The van der Waals surface area contributed by atoms with Gasteiger partial charge in [-0.2, -0.15) is 18.3 Å². The Morgan fingerprint density at radius 3 is 2.61 bits per heavy atom. The Hall–Kier alpha value is -3.67. The number of nitrogens with one attached hydrogen (secondary N) is 2. The second-order valence-corrected chi connectivity index (χ2v) is 7.41. The van der Waals surface area contributed by atoms with Crippen LogP contribution in [0, 0.1) is 0 Å².